The predicted molar refractivity (Wildman–Crippen MR) is 118 cm³/mol. The van der Waals surface area contributed by atoms with Gasteiger partial charge in [-0.25, -0.2) is 0 Å². The molecule has 1 unspecified atom stereocenters. The number of hydrogen-bond acceptors (Lipinski definition) is 4. The van der Waals surface area contributed by atoms with Crippen molar-refractivity contribution < 1.29 is 9.59 Å². The Hall–Kier alpha value is -2.44. The van der Waals surface area contributed by atoms with Crippen molar-refractivity contribution in [2.75, 3.05) is 32.7 Å². The smallest absolute Gasteiger partial charge is 0.234 e. The molecule has 2 heterocycles. The summed E-state index contributed by atoms with van der Waals surface area (Å²) in [5, 5.41) is 3.05. The summed E-state index contributed by atoms with van der Waals surface area (Å²) in [7, 11) is 0. The average Bonchev–Trinajstić information content (AvgIpc) is 3.50. The molecule has 0 radical (unpaired) electrons. The first-order chi connectivity index (χ1) is 14.4. The third-order valence-electron chi connectivity index (χ3n) is 6.35. The zero-order valence-corrected chi connectivity index (χ0v) is 18.2. The molecule has 2 fully saturated rings. The fourth-order valence-electron chi connectivity index (χ4n) is 4.39. The Kier molecular flexibility index (Phi) is 6.06. The van der Waals surface area contributed by atoms with Gasteiger partial charge in [0.15, 0.2) is 5.78 Å². The summed E-state index contributed by atoms with van der Waals surface area (Å²) < 4.78 is 2.15. The minimum Gasteiger partial charge on any atom is -0.352 e. The molecule has 160 valence electrons. The van der Waals surface area contributed by atoms with Crippen molar-refractivity contribution in [1.29, 1.82) is 0 Å². The van der Waals surface area contributed by atoms with Crippen LogP contribution in [-0.4, -0.2) is 70.9 Å². The lowest BCUT2D eigenvalue weighted by atomic mass is 10.0. The zero-order valence-electron chi connectivity index (χ0n) is 18.2. The van der Waals surface area contributed by atoms with Gasteiger partial charge in [-0.1, -0.05) is 18.2 Å². The van der Waals surface area contributed by atoms with Crippen LogP contribution in [0.15, 0.2) is 36.4 Å². The average molecular weight is 409 g/mol. The fourth-order valence-corrected chi connectivity index (χ4v) is 4.39. The number of aromatic nitrogens is 1. The first-order valence-electron chi connectivity index (χ1n) is 11.0. The van der Waals surface area contributed by atoms with E-state index in [0.29, 0.717) is 12.6 Å². The second-order valence-electron chi connectivity index (χ2n) is 8.65. The molecule has 1 saturated carbocycles. The van der Waals surface area contributed by atoms with E-state index in [0.717, 1.165) is 61.7 Å². The number of carbonyl (C=O) groups is 2. The van der Waals surface area contributed by atoms with E-state index in [-0.39, 0.29) is 17.7 Å². The Morgan fingerprint density at radius 2 is 1.73 bits per heavy atom. The van der Waals surface area contributed by atoms with Crippen LogP contribution in [0.1, 0.15) is 41.5 Å². The number of hydrogen-bond donors (Lipinski definition) is 1. The Balaban J connectivity index is 1.38. The molecule has 1 atom stereocenters. The number of benzene rings is 1. The van der Waals surface area contributed by atoms with Crippen molar-refractivity contribution in [2.24, 2.45) is 0 Å². The van der Waals surface area contributed by atoms with Crippen molar-refractivity contribution in [1.82, 2.24) is 19.7 Å². The van der Waals surface area contributed by atoms with Gasteiger partial charge >= 0.3 is 0 Å². The van der Waals surface area contributed by atoms with E-state index in [9.17, 15) is 9.59 Å². The van der Waals surface area contributed by atoms with Gasteiger partial charge in [0.05, 0.1) is 12.6 Å². The molecule has 4 rings (SSSR count). The molecule has 1 aromatic heterocycles. The van der Waals surface area contributed by atoms with Crippen LogP contribution in [-0.2, 0) is 4.79 Å². The maximum absolute atomic E-state index is 13.3. The summed E-state index contributed by atoms with van der Waals surface area (Å²) in [6, 6.07) is 12.4. The third-order valence-corrected chi connectivity index (χ3v) is 6.35. The van der Waals surface area contributed by atoms with E-state index >= 15 is 0 Å². The standard InChI is InChI=1S/C24H32N4O2/c1-17-15-22(18(2)28(17)21-7-5-4-6-8-21)24(30)19(3)27-13-11-26(12-14-27)16-23(29)25-20-9-10-20/h4-8,15,19-20H,9-14,16H2,1-3H3,(H,25,29). The van der Waals surface area contributed by atoms with Crippen LogP contribution in [0.3, 0.4) is 0 Å². The van der Waals surface area contributed by atoms with Gasteiger partial charge in [-0.05, 0) is 51.8 Å². The fraction of sp³-hybridized carbons (Fsp3) is 0.500. The van der Waals surface area contributed by atoms with Crippen LogP contribution in [0.5, 0.6) is 0 Å². The second-order valence-corrected chi connectivity index (χ2v) is 8.65. The molecule has 1 aliphatic heterocycles. The highest BCUT2D eigenvalue weighted by Crippen LogP contribution is 2.23. The SMILES string of the molecule is Cc1cc(C(=O)C(C)N2CCN(CC(=O)NC3CC3)CC2)c(C)n1-c1ccccc1. The molecular weight excluding hydrogens is 376 g/mol. The Morgan fingerprint density at radius 1 is 1.07 bits per heavy atom. The van der Waals surface area contributed by atoms with Gasteiger partial charge < -0.3 is 9.88 Å². The van der Waals surface area contributed by atoms with Crippen molar-refractivity contribution >= 4 is 11.7 Å². The molecule has 1 aliphatic carbocycles. The van der Waals surface area contributed by atoms with Crippen molar-refractivity contribution in [3.05, 3.63) is 53.3 Å². The van der Waals surface area contributed by atoms with Crippen LogP contribution < -0.4 is 5.32 Å². The van der Waals surface area contributed by atoms with Gasteiger partial charge in [0, 0.05) is 54.9 Å². The van der Waals surface area contributed by atoms with Crippen LogP contribution in [0.4, 0.5) is 0 Å². The van der Waals surface area contributed by atoms with Gasteiger partial charge in [0.2, 0.25) is 5.91 Å². The molecule has 1 N–H and O–H groups in total. The van der Waals surface area contributed by atoms with E-state index in [1.165, 1.54) is 0 Å². The maximum Gasteiger partial charge on any atom is 0.234 e. The van der Waals surface area contributed by atoms with E-state index in [2.05, 4.69) is 31.8 Å². The molecular formula is C24H32N4O2. The summed E-state index contributed by atoms with van der Waals surface area (Å²) in [5.74, 6) is 0.300. The lowest BCUT2D eigenvalue weighted by Gasteiger charge is -2.37. The second kappa shape index (κ2) is 8.74. The first kappa shape index (κ1) is 20.8. The quantitative estimate of drug-likeness (QED) is 0.716. The molecule has 0 bridgehead atoms. The molecule has 1 aromatic carbocycles. The lowest BCUT2D eigenvalue weighted by molar-refractivity contribution is -0.122. The van der Waals surface area contributed by atoms with Crippen molar-refractivity contribution in [3.63, 3.8) is 0 Å². The number of para-hydroxylation sites is 1. The molecule has 1 amide bonds. The zero-order chi connectivity index (χ0) is 21.3. The van der Waals surface area contributed by atoms with E-state index < -0.39 is 0 Å². The number of rotatable bonds is 7. The Morgan fingerprint density at radius 3 is 2.37 bits per heavy atom. The minimum absolute atomic E-state index is 0.128. The summed E-state index contributed by atoms with van der Waals surface area (Å²) in [5.41, 5.74) is 3.94. The van der Waals surface area contributed by atoms with E-state index in [1.54, 1.807) is 0 Å². The predicted octanol–water partition coefficient (Wildman–Crippen LogP) is 2.56. The topological polar surface area (TPSA) is 57.6 Å². The summed E-state index contributed by atoms with van der Waals surface area (Å²) in [4.78, 5) is 29.8. The number of aryl methyl sites for hydroxylation is 1. The lowest BCUT2D eigenvalue weighted by Crippen LogP contribution is -2.53. The first-order valence-corrected chi connectivity index (χ1v) is 11.0. The highest BCUT2D eigenvalue weighted by atomic mass is 16.2. The summed E-state index contributed by atoms with van der Waals surface area (Å²) >= 11 is 0. The number of ketones is 1. The largest absolute Gasteiger partial charge is 0.352 e. The molecule has 2 aliphatic rings. The Labute approximate surface area is 178 Å². The number of amides is 1. The minimum atomic E-state index is -0.169. The van der Waals surface area contributed by atoms with Crippen LogP contribution >= 0.6 is 0 Å². The molecule has 2 aromatic rings. The van der Waals surface area contributed by atoms with E-state index in [1.807, 2.05) is 45.0 Å². The highest BCUT2D eigenvalue weighted by molar-refractivity contribution is 6.01. The highest BCUT2D eigenvalue weighted by Gasteiger charge is 2.30. The number of nitrogens with zero attached hydrogens (tertiary/aromatic N) is 3. The normalized spacial score (nSPS) is 18.9. The number of Topliss-reactive ketones (excluding diaryl/α,β-unsaturated/α-hetero) is 1. The van der Waals surface area contributed by atoms with Crippen LogP contribution in [0, 0.1) is 13.8 Å². The number of carbonyl (C=O) groups excluding carboxylic acids is 2. The third kappa shape index (κ3) is 4.50. The van der Waals surface area contributed by atoms with E-state index in [4.69, 9.17) is 0 Å². The number of nitrogens with one attached hydrogen (secondary N) is 1. The summed E-state index contributed by atoms with van der Waals surface area (Å²) in [6.07, 6.45) is 2.23. The monoisotopic (exact) mass is 408 g/mol. The van der Waals surface area contributed by atoms with Gasteiger partial charge in [0.25, 0.3) is 0 Å². The summed E-state index contributed by atoms with van der Waals surface area (Å²) in [6.45, 7) is 9.79. The Bertz CT molecular complexity index is 909. The van der Waals surface area contributed by atoms with Crippen molar-refractivity contribution in [2.45, 2.75) is 45.7 Å². The molecule has 6 nitrogen and oxygen atoms in total. The van der Waals surface area contributed by atoms with Crippen molar-refractivity contribution in [3.8, 4) is 5.69 Å². The van der Waals surface area contributed by atoms with Gasteiger partial charge in [-0.2, -0.15) is 0 Å². The molecule has 1 saturated heterocycles. The van der Waals surface area contributed by atoms with Crippen LogP contribution in [0.2, 0.25) is 0 Å². The van der Waals surface area contributed by atoms with Crippen LogP contribution in [0.25, 0.3) is 5.69 Å². The number of piperazine rings is 1. The molecule has 0 spiro atoms. The van der Waals surface area contributed by atoms with Gasteiger partial charge in [-0.3, -0.25) is 19.4 Å². The van der Waals surface area contributed by atoms with Gasteiger partial charge in [-0.15, -0.1) is 0 Å². The molecule has 6 heteroatoms. The maximum atomic E-state index is 13.3. The molecule has 30 heavy (non-hydrogen) atoms. The van der Waals surface area contributed by atoms with Gasteiger partial charge in [0.1, 0.15) is 0 Å².